The predicted octanol–water partition coefficient (Wildman–Crippen LogP) is 2.43. The lowest BCUT2D eigenvalue weighted by atomic mass is 10.1. The number of hydrogen-bond acceptors (Lipinski definition) is 6. The van der Waals surface area contributed by atoms with E-state index in [0.717, 1.165) is 10.9 Å². The summed E-state index contributed by atoms with van der Waals surface area (Å²) in [5, 5.41) is 14.3. The molecule has 0 aliphatic carbocycles. The number of benzene rings is 1. The number of sulfone groups is 1. The summed E-state index contributed by atoms with van der Waals surface area (Å²) in [5.41, 5.74) is 1.98. The Bertz CT molecular complexity index is 872. The molecule has 1 N–H and O–H groups in total. The minimum atomic E-state index is -2.97. The van der Waals surface area contributed by atoms with Crippen LogP contribution in [-0.4, -0.2) is 37.2 Å². The van der Waals surface area contributed by atoms with E-state index >= 15 is 0 Å². The van der Waals surface area contributed by atoms with Crippen molar-refractivity contribution in [2.24, 2.45) is 0 Å². The maximum absolute atomic E-state index is 11.7. The van der Waals surface area contributed by atoms with Crippen molar-refractivity contribution < 1.29 is 8.42 Å². The zero-order valence-electron chi connectivity index (χ0n) is 12.0. The number of nitriles is 1. The van der Waals surface area contributed by atoms with E-state index in [4.69, 9.17) is 0 Å². The Balaban J connectivity index is 2.12. The molecule has 0 spiro atoms. The van der Waals surface area contributed by atoms with Crippen molar-refractivity contribution >= 4 is 38.2 Å². The second kappa shape index (κ2) is 5.78. The van der Waals surface area contributed by atoms with Crippen molar-refractivity contribution in [2.75, 3.05) is 23.1 Å². The summed E-state index contributed by atoms with van der Waals surface area (Å²) in [4.78, 5) is 4.51. The molecule has 2 aromatic rings. The Morgan fingerprint density at radius 2 is 2.18 bits per heavy atom. The fraction of sp³-hybridized carbons (Fsp3) is 0.333. The Hall–Kier alpha value is -1.78. The van der Waals surface area contributed by atoms with E-state index in [1.165, 1.54) is 11.8 Å². The topological polar surface area (TPSA) is 82.8 Å². The second-order valence-electron chi connectivity index (χ2n) is 5.24. The van der Waals surface area contributed by atoms with Crippen molar-refractivity contribution in [2.45, 2.75) is 17.5 Å². The van der Waals surface area contributed by atoms with Gasteiger partial charge in [-0.05, 0) is 18.7 Å². The molecule has 0 radical (unpaired) electrons. The van der Waals surface area contributed by atoms with Gasteiger partial charge in [0.15, 0.2) is 9.84 Å². The lowest BCUT2D eigenvalue weighted by Gasteiger charge is -2.17. The molecule has 0 bridgehead atoms. The van der Waals surface area contributed by atoms with Gasteiger partial charge >= 0.3 is 0 Å². The van der Waals surface area contributed by atoms with Gasteiger partial charge in [-0.15, -0.1) is 11.8 Å². The van der Waals surface area contributed by atoms with E-state index in [-0.39, 0.29) is 17.5 Å². The highest BCUT2D eigenvalue weighted by Gasteiger charge is 2.29. The van der Waals surface area contributed by atoms with Crippen LogP contribution in [0.1, 0.15) is 12.0 Å². The number of thioether (sulfide) groups is 1. The summed E-state index contributed by atoms with van der Waals surface area (Å²) in [6.07, 6.45) is 2.44. The third-order valence-electron chi connectivity index (χ3n) is 3.75. The number of nitrogens with zero attached hydrogens (tertiary/aromatic N) is 2. The molecule has 1 fully saturated rings. The normalized spacial score (nSPS) is 19.9. The standard InChI is InChI=1S/C15H15N3O2S2/c1-21-15-12(8-16)14(11-4-2-3-5-13(11)18-15)17-10-6-7-22(19,20)9-10/h2-5,10H,6-7,9H2,1H3,(H,17,18). The average Bonchev–Trinajstić information content (AvgIpc) is 2.85. The summed E-state index contributed by atoms with van der Waals surface area (Å²) in [6.45, 7) is 0. The van der Waals surface area contributed by atoms with Crippen LogP contribution in [-0.2, 0) is 9.84 Å². The molecule has 1 aliphatic heterocycles. The van der Waals surface area contributed by atoms with Gasteiger partial charge in [0.2, 0.25) is 0 Å². The van der Waals surface area contributed by atoms with E-state index in [0.29, 0.717) is 22.7 Å². The van der Waals surface area contributed by atoms with Crippen LogP contribution >= 0.6 is 11.8 Å². The number of rotatable bonds is 3. The van der Waals surface area contributed by atoms with E-state index in [2.05, 4.69) is 16.4 Å². The molecule has 7 heteroatoms. The van der Waals surface area contributed by atoms with Gasteiger partial charge in [-0.3, -0.25) is 0 Å². The molecule has 3 rings (SSSR count). The minimum absolute atomic E-state index is 0.114. The summed E-state index contributed by atoms with van der Waals surface area (Å²) in [7, 11) is -2.97. The van der Waals surface area contributed by atoms with Crippen LogP contribution in [0.4, 0.5) is 5.69 Å². The Labute approximate surface area is 133 Å². The third-order valence-corrected chi connectivity index (χ3v) is 6.20. The van der Waals surface area contributed by atoms with Crippen molar-refractivity contribution in [3.05, 3.63) is 29.8 Å². The van der Waals surface area contributed by atoms with E-state index in [1.54, 1.807) is 0 Å². The summed E-state index contributed by atoms with van der Waals surface area (Å²) >= 11 is 1.41. The van der Waals surface area contributed by atoms with Crippen molar-refractivity contribution in [3.8, 4) is 6.07 Å². The van der Waals surface area contributed by atoms with Gasteiger partial charge < -0.3 is 5.32 Å². The summed E-state index contributed by atoms with van der Waals surface area (Å²) < 4.78 is 23.3. The van der Waals surface area contributed by atoms with Crippen molar-refractivity contribution in [3.63, 3.8) is 0 Å². The first-order valence-corrected chi connectivity index (χ1v) is 9.92. The molecule has 1 aromatic carbocycles. The molecule has 1 aliphatic rings. The Kier molecular flexibility index (Phi) is 3.98. The van der Waals surface area contributed by atoms with Crippen LogP contribution in [0.15, 0.2) is 29.3 Å². The molecule has 2 heterocycles. The number of pyridine rings is 1. The highest BCUT2D eigenvalue weighted by molar-refractivity contribution is 7.98. The van der Waals surface area contributed by atoms with Gasteiger partial charge in [0, 0.05) is 11.4 Å². The highest BCUT2D eigenvalue weighted by atomic mass is 32.2. The summed E-state index contributed by atoms with van der Waals surface area (Å²) in [5.74, 6) is 0.314. The van der Waals surface area contributed by atoms with Crippen LogP contribution in [0.5, 0.6) is 0 Å². The van der Waals surface area contributed by atoms with E-state index < -0.39 is 9.84 Å². The predicted molar refractivity (Wildman–Crippen MR) is 88.9 cm³/mol. The Morgan fingerprint density at radius 3 is 2.82 bits per heavy atom. The van der Waals surface area contributed by atoms with Gasteiger partial charge in [0.1, 0.15) is 16.7 Å². The molecule has 1 unspecified atom stereocenters. The second-order valence-corrected chi connectivity index (χ2v) is 8.27. The maximum Gasteiger partial charge on any atom is 0.152 e. The molecule has 0 amide bonds. The number of hydrogen-bond donors (Lipinski definition) is 1. The molecule has 22 heavy (non-hydrogen) atoms. The van der Waals surface area contributed by atoms with Crippen molar-refractivity contribution in [1.82, 2.24) is 4.98 Å². The molecule has 1 aromatic heterocycles. The fourth-order valence-corrected chi connectivity index (χ4v) is 4.92. The zero-order valence-corrected chi connectivity index (χ0v) is 13.7. The zero-order chi connectivity index (χ0) is 15.7. The molecule has 114 valence electrons. The fourth-order valence-electron chi connectivity index (χ4n) is 2.70. The first-order valence-electron chi connectivity index (χ1n) is 6.88. The van der Waals surface area contributed by atoms with Crippen LogP contribution < -0.4 is 5.32 Å². The number of anilines is 1. The third kappa shape index (κ3) is 2.76. The van der Waals surface area contributed by atoms with Crippen LogP contribution in [0.25, 0.3) is 10.9 Å². The van der Waals surface area contributed by atoms with Crippen LogP contribution in [0.3, 0.4) is 0 Å². The van der Waals surface area contributed by atoms with Crippen LogP contribution in [0.2, 0.25) is 0 Å². The van der Waals surface area contributed by atoms with E-state index in [1.807, 2.05) is 30.5 Å². The molecule has 1 saturated heterocycles. The molecular weight excluding hydrogens is 318 g/mol. The number of fused-ring (bicyclic) bond motifs is 1. The van der Waals surface area contributed by atoms with Gasteiger partial charge in [-0.1, -0.05) is 18.2 Å². The monoisotopic (exact) mass is 333 g/mol. The Morgan fingerprint density at radius 1 is 1.41 bits per heavy atom. The molecule has 5 nitrogen and oxygen atoms in total. The first kappa shape index (κ1) is 15.1. The maximum atomic E-state index is 11.7. The smallest absolute Gasteiger partial charge is 0.152 e. The molecule has 0 saturated carbocycles. The number of aromatic nitrogens is 1. The SMILES string of the molecule is CSc1nc2ccccc2c(NC2CCS(=O)(=O)C2)c1C#N. The highest BCUT2D eigenvalue weighted by Crippen LogP contribution is 2.33. The largest absolute Gasteiger partial charge is 0.380 e. The van der Waals surface area contributed by atoms with Gasteiger partial charge in [0.05, 0.1) is 22.7 Å². The van der Waals surface area contributed by atoms with Gasteiger partial charge in [0.25, 0.3) is 0 Å². The number of nitrogens with one attached hydrogen (secondary N) is 1. The quantitative estimate of drug-likeness (QED) is 0.869. The van der Waals surface area contributed by atoms with Crippen molar-refractivity contribution in [1.29, 1.82) is 5.26 Å². The summed E-state index contributed by atoms with van der Waals surface area (Å²) in [6, 6.07) is 9.64. The molecular formula is C15H15N3O2S2. The number of para-hydroxylation sites is 1. The lowest BCUT2D eigenvalue weighted by molar-refractivity contribution is 0.602. The minimum Gasteiger partial charge on any atom is -0.380 e. The molecule has 1 atom stereocenters. The first-order chi connectivity index (χ1) is 10.5. The lowest BCUT2D eigenvalue weighted by Crippen LogP contribution is -2.21. The van der Waals surface area contributed by atoms with Crippen LogP contribution in [0, 0.1) is 11.3 Å². The van der Waals surface area contributed by atoms with E-state index in [9.17, 15) is 13.7 Å². The van der Waals surface area contributed by atoms with Gasteiger partial charge in [-0.25, -0.2) is 13.4 Å². The van der Waals surface area contributed by atoms with Gasteiger partial charge in [-0.2, -0.15) is 5.26 Å². The average molecular weight is 333 g/mol.